The number of alkyl halides is 2. The van der Waals surface area contributed by atoms with Crippen LogP contribution < -0.4 is 0 Å². The molecule has 4 fully saturated rings. The highest BCUT2D eigenvalue weighted by Gasteiger charge is 2.50. The van der Waals surface area contributed by atoms with Gasteiger partial charge in [-0.05, 0) is 52.4 Å². The highest BCUT2D eigenvalue weighted by molar-refractivity contribution is 7.11. The maximum Gasteiger partial charge on any atom is 0.252 e. The molecule has 3 heterocycles. The van der Waals surface area contributed by atoms with E-state index in [-0.39, 0.29) is 30.2 Å². The molecule has 0 N–H and O–H groups in total. The molecule has 0 bridgehead atoms. The van der Waals surface area contributed by atoms with E-state index in [2.05, 4.69) is 40.8 Å². The molecule has 6 nitrogen and oxygen atoms in total. The van der Waals surface area contributed by atoms with E-state index in [0.29, 0.717) is 31.5 Å². The van der Waals surface area contributed by atoms with Crippen molar-refractivity contribution in [2.75, 3.05) is 39.3 Å². The number of aromatic nitrogens is 2. The van der Waals surface area contributed by atoms with Crippen LogP contribution in [0.5, 0.6) is 0 Å². The van der Waals surface area contributed by atoms with Gasteiger partial charge in [-0.3, -0.25) is 14.6 Å². The number of carbonyl (C=O) groups excluding carboxylic acids is 1. The van der Waals surface area contributed by atoms with Crippen molar-refractivity contribution >= 4 is 17.2 Å². The van der Waals surface area contributed by atoms with Gasteiger partial charge in [-0.2, -0.15) is 0 Å². The average molecular weight is 510 g/mol. The summed E-state index contributed by atoms with van der Waals surface area (Å²) < 4.78 is 30.4. The van der Waals surface area contributed by atoms with Crippen molar-refractivity contribution in [3.63, 3.8) is 0 Å². The molecule has 35 heavy (non-hydrogen) atoms. The molecular weight excluding hydrogens is 468 g/mol. The first kappa shape index (κ1) is 25.5. The number of halogens is 2. The van der Waals surface area contributed by atoms with E-state index in [9.17, 15) is 4.79 Å². The molecule has 2 saturated heterocycles. The molecule has 2 atom stereocenters. The lowest BCUT2D eigenvalue weighted by molar-refractivity contribution is -0.151. The van der Waals surface area contributed by atoms with Crippen LogP contribution in [0.3, 0.4) is 0 Å². The third-order valence-corrected chi connectivity index (χ3v) is 10.5. The fourth-order valence-electron chi connectivity index (χ4n) is 6.28. The van der Waals surface area contributed by atoms with Crippen LogP contribution in [-0.2, 0) is 10.2 Å². The van der Waals surface area contributed by atoms with Gasteiger partial charge in [-0.15, -0.1) is 21.5 Å². The molecule has 2 aliphatic carbocycles. The van der Waals surface area contributed by atoms with E-state index in [1.165, 1.54) is 12.8 Å². The first-order valence-corrected chi connectivity index (χ1v) is 14.5. The van der Waals surface area contributed by atoms with E-state index in [1.807, 2.05) is 4.90 Å². The summed E-state index contributed by atoms with van der Waals surface area (Å²) in [4.78, 5) is 19.8. The van der Waals surface area contributed by atoms with Gasteiger partial charge in [0.1, 0.15) is 10.0 Å². The maximum absolute atomic E-state index is 15.2. The summed E-state index contributed by atoms with van der Waals surface area (Å²) in [6.07, 6.45) is 5.25. The Morgan fingerprint density at radius 3 is 2.34 bits per heavy atom. The summed E-state index contributed by atoms with van der Waals surface area (Å²) in [6.45, 7) is 11.3. The highest BCUT2D eigenvalue weighted by atomic mass is 32.1. The topological polar surface area (TPSA) is 52.6 Å². The molecule has 0 aromatic carbocycles. The Bertz CT molecular complexity index is 888. The zero-order chi connectivity index (χ0) is 24.8. The van der Waals surface area contributed by atoms with E-state index in [0.717, 1.165) is 55.5 Å². The van der Waals surface area contributed by atoms with Gasteiger partial charge in [-0.1, -0.05) is 6.92 Å². The second-order valence-electron chi connectivity index (χ2n) is 11.9. The molecule has 5 rings (SSSR count). The lowest BCUT2D eigenvalue weighted by Crippen LogP contribution is -2.58. The number of piperidine rings is 1. The number of amides is 1. The number of hydrogen-bond acceptors (Lipinski definition) is 6. The fraction of sp³-hybridized carbons (Fsp3) is 0.885. The van der Waals surface area contributed by atoms with E-state index >= 15 is 8.78 Å². The summed E-state index contributed by atoms with van der Waals surface area (Å²) in [5.41, 5.74) is -0.0744. The minimum absolute atomic E-state index is 0.0383. The lowest BCUT2D eigenvalue weighted by atomic mass is 9.77. The number of likely N-dealkylation sites (tertiary alicyclic amines) is 1. The molecule has 0 unspecified atom stereocenters. The molecule has 1 aromatic rings. The molecule has 1 amide bonds. The monoisotopic (exact) mass is 509 g/mol. The minimum atomic E-state index is -2.77. The van der Waals surface area contributed by atoms with Gasteiger partial charge in [-0.25, -0.2) is 8.78 Å². The normalized spacial score (nSPS) is 30.1. The van der Waals surface area contributed by atoms with Crippen molar-refractivity contribution in [1.82, 2.24) is 24.9 Å². The number of rotatable bonds is 6. The molecular formula is C26H41F2N5OS. The van der Waals surface area contributed by atoms with Crippen LogP contribution in [0.1, 0.15) is 88.1 Å². The van der Waals surface area contributed by atoms with Crippen LogP contribution in [-0.4, -0.2) is 88.1 Å². The molecule has 2 saturated carbocycles. The van der Waals surface area contributed by atoms with Gasteiger partial charge >= 0.3 is 0 Å². The number of carbonyl (C=O) groups is 1. The third-order valence-electron chi connectivity index (χ3n) is 9.06. The Balaban J connectivity index is 1.20. The maximum atomic E-state index is 15.2. The van der Waals surface area contributed by atoms with Gasteiger partial charge in [0.05, 0.1) is 0 Å². The smallest absolute Gasteiger partial charge is 0.252 e. The van der Waals surface area contributed by atoms with Crippen LogP contribution in [0, 0.1) is 5.92 Å². The summed E-state index contributed by atoms with van der Waals surface area (Å²) in [7, 11) is 0. The summed E-state index contributed by atoms with van der Waals surface area (Å²) in [5, 5.41) is 11.1. The van der Waals surface area contributed by atoms with Gasteiger partial charge in [0, 0.05) is 81.4 Å². The zero-order valence-electron chi connectivity index (χ0n) is 21.5. The number of nitrogens with zero attached hydrogens (tertiary/aromatic N) is 5. The Hall–Kier alpha value is -1.19. The molecule has 4 aliphatic rings. The van der Waals surface area contributed by atoms with Crippen LogP contribution in [0.15, 0.2) is 0 Å². The van der Waals surface area contributed by atoms with Gasteiger partial charge in [0.2, 0.25) is 5.91 Å². The Kier molecular flexibility index (Phi) is 7.23. The van der Waals surface area contributed by atoms with Crippen molar-refractivity contribution in [2.24, 2.45) is 5.92 Å². The first-order valence-electron chi connectivity index (χ1n) is 13.6. The van der Waals surface area contributed by atoms with Crippen LogP contribution in [0.2, 0.25) is 0 Å². The van der Waals surface area contributed by atoms with E-state index in [1.54, 1.807) is 11.3 Å². The summed E-state index contributed by atoms with van der Waals surface area (Å²) in [6, 6.07) is 0.280. The van der Waals surface area contributed by atoms with Crippen molar-refractivity contribution in [3.8, 4) is 0 Å². The Morgan fingerprint density at radius 1 is 1.03 bits per heavy atom. The minimum Gasteiger partial charge on any atom is -0.343 e. The van der Waals surface area contributed by atoms with Crippen LogP contribution >= 0.6 is 11.3 Å². The van der Waals surface area contributed by atoms with Crippen molar-refractivity contribution in [2.45, 2.75) is 101 Å². The average Bonchev–Trinajstić information content (AvgIpc) is 3.56. The predicted molar refractivity (Wildman–Crippen MR) is 134 cm³/mol. The second-order valence-corrected chi connectivity index (χ2v) is 12.9. The molecule has 0 radical (unpaired) electrons. The standard InChI is InChI=1S/C26H41F2N5OS/c1-18(2)31-13-15-32(16-14-31)21-5-4-8-26(27,28)20(21)17-22(34)33-11-9-25(3,10-12-33)24-30-29-23(35-24)19-6-7-19/h18-21H,4-17H2,1-3H3/t20-,21+/m1/s1. The van der Waals surface area contributed by atoms with Crippen molar-refractivity contribution < 1.29 is 13.6 Å². The largest absolute Gasteiger partial charge is 0.343 e. The Morgan fingerprint density at radius 2 is 1.71 bits per heavy atom. The molecule has 1 aromatic heterocycles. The van der Waals surface area contributed by atoms with Crippen molar-refractivity contribution in [3.05, 3.63) is 10.0 Å². The fourth-order valence-corrected chi connectivity index (χ4v) is 7.49. The summed E-state index contributed by atoms with van der Waals surface area (Å²) in [5.74, 6) is -3.15. The highest BCUT2D eigenvalue weighted by Crippen LogP contribution is 2.46. The third kappa shape index (κ3) is 5.42. The van der Waals surface area contributed by atoms with E-state index in [4.69, 9.17) is 0 Å². The lowest BCUT2D eigenvalue weighted by Gasteiger charge is -2.47. The van der Waals surface area contributed by atoms with Gasteiger partial charge in [0.15, 0.2) is 0 Å². The first-order chi connectivity index (χ1) is 16.7. The number of hydrogen-bond donors (Lipinski definition) is 0. The van der Waals surface area contributed by atoms with Crippen molar-refractivity contribution in [1.29, 1.82) is 0 Å². The molecule has 196 valence electrons. The molecule has 9 heteroatoms. The zero-order valence-corrected chi connectivity index (χ0v) is 22.3. The molecule has 2 aliphatic heterocycles. The predicted octanol–water partition coefficient (Wildman–Crippen LogP) is 4.52. The number of piperazine rings is 1. The SMILES string of the molecule is CC(C)N1CCN([C@H]2CCCC(F)(F)[C@@H]2CC(=O)N2CCC(C)(c3nnc(C4CC4)s3)CC2)CC1. The molecule has 0 spiro atoms. The summed E-state index contributed by atoms with van der Waals surface area (Å²) >= 11 is 1.73. The van der Waals surface area contributed by atoms with Gasteiger partial charge in [0.25, 0.3) is 5.92 Å². The van der Waals surface area contributed by atoms with E-state index < -0.39 is 11.8 Å². The quantitative estimate of drug-likeness (QED) is 0.565. The second kappa shape index (κ2) is 9.93. The van der Waals surface area contributed by atoms with Crippen LogP contribution in [0.25, 0.3) is 0 Å². The van der Waals surface area contributed by atoms with Gasteiger partial charge < -0.3 is 4.90 Å². The van der Waals surface area contributed by atoms with Crippen LogP contribution in [0.4, 0.5) is 8.78 Å². The Labute approximate surface area is 212 Å².